The van der Waals surface area contributed by atoms with Crippen LogP contribution in [0.25, 0.3) is 16.8 Å². The Labute approximate surface area is 179 Å². The van der Waals surface area contributed by atoms with E-state index in [1.54, 1.807) is 39.7 Å². The molecular formula is C24H23FN4O2. The molecule has 0 bridgehead atoms. The third-order valence-electron chi connectivity index (χ3n) is 5.33. The molecule has 0 fully saturated rings. The molecule has 2 heterocycles. The lowest BCUT2D eigenvalue weighted by Gasteiger charge is -2.08. The van der Waals surface area contributed by atoms with Crippen molar-refractivity contribution in [1.82, 2.24) is 19.5 Å². The first-order valence-corrected chi connectivity index (χ1v) is 10.1. The molecule has 0 aliphatic rings. The normalized spacial score (nSPS) is 11.1. The summed E-state index contributed by atoms with van der Waals surface area (Å²) >= 11 is 0. The molecule has 2 aromatic carbocycles. The summed E-state index contributed by atoms with van der Waals surface area (Å²) in [4.78, 5) is 24.9. The molecule has 31 heavy (non-hydrogen) atoms. The minimum Gasteiger partial charge on any atom is -0.354 e. The minimum atomic E-state index is -0.369. The van der Waals surface area contributed by atoms with Crippen molar-refractivity contribution in [3.8, 4) is 11.3 Å². The van der Waals surface area contributed by atoms with Gasteiger partial charge in [0.1, 0.15) is 11.3 Å². The van der Waals surface area contributed by atoms with Crippen LogP contribution in [-0.2, 0) is 17.8 Å². The van der Waals surface area contributed by atoms with Crippen molar-refractivity contribution in [3.05, 3.63) is 93.8 Å². The van der Waals surface area contributed by atoms with E-state index in [0.29, 0.717) is 24.2 Å². The van der Waals surface area contributed by atoms with Crippen LogP contribution in [-0.4, -0.2) is 26.6 Å². The van der Waals surface area contributed by atoms with E-state index in [9.17, 15) is 14.0 Å². The predicted octanol–water partition coefficient (Wildman–Crippen LogP) is 3.28. The van der Waals surface area contributed by atoms with Crippen molar-refractivity contribution in [2.24, 2.45) is 0 Å². The van der Waals surface area contributed by atoms with E-state index in [1.165, 1.54) is 23.3 Å². The standard InChI is InChI=1S/C24H23FN4O2/c1-16-6-7-19(12-17(16)2)21-15-22-24(31)28(10-11-29(22)27-21)9-8-26-23(30)14-18-4-3-5-20(25)13-18/h3-7,10-13,15H,8-9,14H2,1-2H3,(H,26,30). The Kier molecular flexibility index (Phi) is 5.66. The fourth-order valence-electron chi connectivity index (χ4n) is 3.45. The number of nitrogens with one attached hydrogen (secondary N) is 1. The van der Waals surface area contributed by atoms with Crippen molar-refractivity contribution < 1.29 is 9.18 Å². The zero-order chi connectivity index (χ0) is 22.0. The summed E-state index contributed by atoms with van der Waals surface area (Å²) in [5.41, 5.74) is 4.97. The maximum Gasteiger partial charge on any atom is 0.276 e. The largest absolute Gasteiger partial charge is 0.354 e. The number of benzene rings is 2. The molecule has 0 atom stereocenters. The lowest BCUT2D eigenvalue weighted by molar-refractivity contribution is -0.120. The van der Waals surface area contributed by atoms with Gasteiger partial charge < -0.3 is 9.88 Å². The van der Waals surface area contributed by atoms with Crippen molar-refractivity contribution in [2.75, 3.05) is 6.54 Å². The molecule has 1 N–H and O–H groups in total. The highest BCUT2D eigenvalue weighted by atomic mass is 19.1. The van der Waals surface area contributed by atoms with Crippen LogP contribution in [0.3, 0.4) is 0 Å². The van der Waals surface area contributed by atoms with Crippen LogP contribution in [0.5, 0.6) is 0 Å². The fraction of sp³-hybridized carbons (Fsp3) is 0.208. The molecule has 0 aliphatic heterocycles. The highest BCUT2D eigenvalue weighted by molar-refractivity contribution is 5.78. The van der Waals surface area contributed by atoms with E-state index in [2.05, 4.69) is 23.4 Å². The third kappa shape index (κ3) is 4.55. The Balaban J connectivity index is 1.45. The molecule has 2 aromatic heterocycles. The lowest BCUT2D eigenvalue weighted by Crippen LogP contribution is -2.32. The van der Waals surface area contributed by atoms with Gasteiger partial charge in [0.2, 0.25) is 5.91 Å². The van der Waals surface area contributed by atoms with Crippen molar-refractivity contribution in [2.45, 2.75) is 26.8 Å². The number of rotatable bonds is 6. The highest BCUT2D eigenvalue weighted by Crippen LogP contribution is 2.21. The molecule has 4 rings (SSSR count). The minimum absolute atomic E-state index is 0.0909. The molecule has 0 saturated heterocycles. The van der Waals surface area contributed by atoms with Gasteiger partial charge in [0.25, 0.3) is 5.56 Å². The predicted molar refractivity (Wildman–Crippen MR) is 117 cm³/mol. The summed E-state index contributed by atoms with van der Waals surface area (Å²) < 4.78 is 16.4. The second-order valence-corrected chi connectivity index (χ2v) is 7.61. The van der Waals surface area contributed by atoms with Gasteiger partial charge in [0, 0.05) is 31.0 Å². The van der Waals surface area contributed by atoms with Crippen LogP contribution in [0, 0.1) is 19.7 Å². The summed E-state index contributed by atoms with van der Waals surface area (Å²) in [7, 11) is 0. The smallest absolute Gasteiger partial charge is 0.276 e. The number of amides is 1. The SMILES string of the molecule is Cc1ccc(-c2cc3c(=O)n(CCNC(=O)Cc4cccc(F)c4)ccn3n2)cc1C. The summed E-state index contributed by atoms with van der Waals surface area (Å²) in [5.74, 6) is -0.591. The van der Waals surface area contributed by atoms with Crippen molar-refractivity contribution in [1.29, 1.82) is 0 Å². The summed E-state index contributed by atoms with van der Waals surface area (Å²) in [6.07, 6.45) is 3.48. The van der Waals surface area contributed by atoms with Gasteiger partial charge >= 0.3 is 0 Å². The average Bonchev–Trinajstić information content (AvgIpc) is 3.17. The van der Waals surface area contributed by atoms with Crippen molar-refractivity contribution >= 4 is 11.4 Å². The van der Waals surface area contributed by atoms with E-state index < -0.39 is 0 Å². The van der Waals surface area contributed by atoms with E-state index in [-0.39, 0.29) is 23.7 Å². The van der Waals surface area contributed by atoms with Crippen LogP contribution in [0.2, 0.25) is 0 Å². The summed E-state index contributed by atoms with van der Waals surface area (Å²) in [6, 6.07) is 13.8. The number of hydrogen-bond donors (Lipinski definition) is 1. The molecule has 0 radical (unpaired) electrons. The van der Waals surface area contributed by atoms with Crippen LogP contribution in [0.1, 0.15) is 16.7 Å². The van der Waals surface area contributed by atoms with E-state index >= 15 is 0 Å². The number of carbonyl (C=O) groups is 1. The number of aryl methyl sites for hydroxylation is 2. The highest BCUT2D eigenvalue weighted by Gasteiger charge is 2.10. The third-order valence-corrected chi connectivity index (χ3v) is 5.33. The number of aromatic nitrogens is 3. The van der Waals surface area contributed by atoms with Gasteiger partial charge in [-0.2, -0.15) is 5.10 Å². The number of fused-ring (bicyclic) bond motifs is 1. The maximum atomic E-state index is 13.2. The van der Waals surface area contributed by atoms with Gasteiger partial charge in [0.15, 0.2) is 0 Å². The van der Waals surface area contributed by atoms with Gasteiger partial charge in [-0.05, 0) is 54.8 Å². The average molecular weight is 418 g/mol. The zero-order valence-electron chi connectivity index (χ0n) is 17.4. The van der Waals surface area contributed by atoms with Crippen LogP contribution in [0.15, 0.2) is 65.7 Å². The van der Waals surface area contributed by atoms with Gasteiger partial charge in [-0.3, -0.25) is 9.59 Å². The number of halogens is 1. The summed E-state index contributed by atoms with van der Waals surface area (Å²) in [5, 5.41) is 7.29. The Hall–Kier alpha value is -3.74. The Morgan fingerprint density at radius 3 is 2.68 bits per heavy atom. The van der Waals surface area contributed by atoms with E-state index in [0.717, 1.165) is 11.3 Å². The maximum absolute atomic E-state index is 13.2. The first-order chi connectivity index (χ1) is 14.9. The topological polar surface area (TPSA) is 68.4 Å². The monoisotopic (exact) mass is 418 g/mol. The molecule has 7 heteroatoms. The number of hydrogen-bond acceptors (Lipinski definition) is 3. The quantitative estimate of drug-likeness (QED) is 0.523. The Morgan fingerprint density at radius 1 is 1.06 bits per heavy atom. The summed E-state index contributed by atoms with van der Waals surface area (Å²) in [6.45, 7) is 4.72. The van der Waals surface area contributed by atoms with Crippen molar-refractivity contribution in [3.63, 3.8) is 0 Å². The zero-order valence-corrected chi connectivity index (χ0v) is 17.4. The Morgan fingerprint density at radius 2 is 1.90 bits per heavy atom. The number of nitrogens with zero attached hydrogens (tertiary/aromatic N) is 3. The molecule has 0 saturated carbocycles. The van der Waals surface area contributed by atoms with Crippen LogP contribution < -0.4 is 10.9 Å². The molecule has 6 nitrogen and oxygen atoms in total. The van der Waals surface area contributed by atoms with Crippen LogP contribution >= 0.6 is 0 Å². The second-order valence-electron chi connectivity index (χ2n) is 7.61. The molecular weight excluding hydrogens is 395 g/mol. The fourth-order valence-corrected chi connectivity index (χ4v) is 3.45. The first kappa shape index (κ1) is 20.5. The van der Waals surface area contributed by atoms with E-state index in [4.69, 9.17) is 0 Å². The molecule has 0 unspecified atom stereocenters. The molecule has 0 aliphatic carbocycles. The van der Waals surface area contributed by atoms with Gasteiger partial charge in [0.05, 0.1) is 12.1 Å². The van der Waals surface area contributed by atoms with Crippen LogP contribution in [0.4, 0.5) is 4.39 Å². The molecule has 4 aromatic rings. The Bertz CT molecular complexity index is 1320. The van der Waals surface area contributed by atoms with E-state index in [1.807, 2.05) is 19.1 Å². The van der Waals surface area contributed by atoms with Gasteiger partial charge in [-0.15, -0.1) is 0 Å². The van der Waals surface area contributed by atoms with Gasteiger partial charge in [-0.1, -0.05) is 24.3 Å². The first-order valence-electron chi connectivity index (χ1n) is 10.1. The molecule has 158 valence electrons. The molecule has 0 spiro atoms. The number of carbonyl (C=O) groups excluding carboxylic acids is 1. The second kappa shape index (κ2) is 8.55. The van der Waals surface area contributed by atoms with Gasteiger partial charge in [-0.25, -0.2) is 8.91 Å². The lowest BCUT2D eigenvalue weighted by atomic mass is 10.0. The molecule has 1 amide bonds.